The van der Waals surface area contributed by atoms with Gasteiger partial charge in [0.1, 0.15) is 0 Å². The van der Waals surface area contributed by atoms with Crippen LogP contribution in [0.3, 0.4) is 0 Å². The first-order valence-electron chi connectivity index (χ1n) is 7.29. The topological polar surface area (TPSA) is 44.9 Å². The van der Waals surface area contributed by atoms with Gasteiger partial charge in [-0.05, 0) is 30.5 Å². The third-order valence-corrected chi connectivity index (χ3v) is 3.56. The molecule has 20 heavy (non-hydrogen) atoms. The Morgan fingerprint density at radius 3 is 3.10 bits per heavy atom. The SMILES string of the molecule is C=CN(CCN1CCc2ccc(N)cc21)/N=C\CCC. The average molecular weight is 272 g/mol. The molecular weight excluding hydrogens is 248 g/mol. The third kappa shape index (κ3) is 3.53. The van der Waals surface area contributed by atoms with Crippen molar-refractivity contribution in [2.75, 3.05) is 30.3 Å². The Balaban J connectivity index is 1.92. The smallest absolute Gasteiger partial charge is 0.0584 e. The average Bonchev–Trinajstić information content (AvgIpc) is 2.85. The van der Waals surface area contributed by atoms with Crippen molar-refractivity contribution in [2.45, 2.75) is 26.2 Å². The van der Waals surface area contributed by atoms with Gasteiger partial charge in [0.2, 0.25) is 0 Å². The highest BCUT2D eigenvalue weighted by molar-refractivity contribution is 5.64. The molecule has 0 saturated carbocycles. The fourth-order valence-corrected chi connectivity index (χ4v) is 2.41. The van der Waals surface area contributed by atoms with Crippen molar-refractivity contribution in [2.24, 2.45) is 5.10 Å². The number of hydrazone groups is 1. The lowest BCUT2D eigenvalue weighted by atomic mass is 10.1. The van der Waals surface area contributed by atoms with Crippen molar-refractivity contribution in [3.63, 3.8) is 0 Å². The molecule has 0 spiro atoms. The van der Waals surface area contributed by atoms with Gasteiger partial charge in [-0.3, -0.25) is 5.01 Å². The van der Waals surface area contributed by atoms with Crippen LogP contribution < -0.4 is 10.6 Å². The van der Waals surface area contributed by atoms with E-state index in [1.54, 1.807) is 6.20 Å². The van der Waals surface area contributed by atoms with Gasteiger partial charge in [0.05, 0.1) is 6.54 Å². The molecule has 2 N–H and O–H groups in total. The molecule has 0 fully saturated rings. The molecule has 4 heteroatoms. The minimum absolute atomic E-state index is 0.831. The second-order valence-electron chi connectivity index (χ2n) is 5.06. The summed E-state index contributed by atoms with van der Waals surface area (Å²) in [7, 11) is 0. The minimum atomic E-state index is 0.831. The Morgan fingerprint density at radius 1 is 1.50 bits per heavy atom. The number of nitrogens with two attached hydrogens (primary N) is 1. The molecule has 1 aromatic carbocycles. The summed E-state index contributed by atoms with van der Waals surface area (Å²) in [6.45, 7) is 8.81. The number of unbranched alkanes of at least 4 members (excludes halogenated alkanes) is 1. The Bertz CT molecular complexity index is 481. The summed E-state index contributed by atoms with van der Waals surface area (Å²) in [6, 6.07) is 6.18. The third-order valence-electron chi connectivity index (χ3n) is 3.56. The van der Waals surface area contributed by atoms with Gasteiger partial charge in [0, 0.05) is 36.9 Å². The Labute approximate surface area is 121 Å². The van der Waals surface area contributed by atoms with Gasteiger partial charge in [0.15, 0.2) is 0 Å². The molecule has 0 atom stereocenters. The van der Waals surface area contributed by atoms with Crippen molar-refractivity contribution >= 4 is 17.6 Å². The van der Waals surface area contributed by atoms with E-state index in [1.165, 1.54) is 11.3 Å². The van der Waals surface area contributed by atoms with Crippen LogP contribution in [0, 0.1) is 0 Å². The molecule has 0 unspecified atom stereocenters. The Hall–Kier alpha value is -1.97. The lowest BCUT2D eigenvalue weighted by Crippen LogP contribution is -2.29. The van der Waals surface area contributed by atoms with Gasteiger partial charge in [0.25, 0.3) is 0 Å². The zero-order valence-corrected chi connectivity index (χ0v) is 12.3. The van der Waals surface area contributed by atoms with Crippen molar-refractivity contribution < 1.29 is 0 Å². The molecule has 0 amide bonds. The predicted molar refractivity (Wildman–Crippen MR) is 87.1 cm³/mol. The second-order valence-corrected chi connectivity index (χ2v) is 5.06. The maximum Gasteiger partial charge on any atom is 0.0584 e. The van der Waals surface area contributed by atoms with E-state index in [0.29, 0.717) is 0 Å². The van der Waals surface area contributed by atoms with E-state index in [9.17, 15) is 0 Å². The molecule has 0 radical (unpaired) electrons. The van der Waals surface area contributed by atoms with E-state index in [4.69, 9.17) is 5.73 Å². The van der Waals surface area contributed by atoms with Gasteiger partial charge in [-0.2, -0.15) is 5.10 Å². The van der Waals surface area contributed by atoms with E-state index in [2.05, 4.69) is 35.6 Å². The van der Waals surface area contributed by atoms with Crippen LogP contribution in [-0.2, 0) is 6.42 Å². The summed E-state index contributed by atoms with van der Waals surface area (Å²) in [4.78, 5) is 2.37. The highest BCUT2D eigenvalue weighted by atomic mass is 15.4. The van der Waals surface area contributed by atoms with Crippen molar-refractivity contribution in [3.05, 3.63) is 36.5 Å². The minimum Gasteiger partial charge on any atom is -0.399 e. The monoisotopic (exact) mass is 272 g/mol. The van der Waals surface area contributed by atoms with Crippen LogP contribution in [0.1, 0.15) is 25.3 Å². The summed E-state index contributed by atoms with van der Waals surface area (Å²) in [5.74, 6) is 0. The van der Waals surface area contributed by atoms with Gasteiger partial charge in [-0.1, -0.05) is 26.0 Å². The number of fused-ring (bicyclic) bond motifs is 1. The number of rotatable bonds is 7. The molecular formula is C16H24N4. The summed E-state index contributed by atoms with van der Waals surface area (Å²) in [5.41, 5.74) is 9.37. The summed E-state index contributed by atoms with van der Waals surface area (Å²) in [5, 5.41) is 6.31. The van der Waals surface area contributed by atoms with Crippen molar-refractivity contribution in [3.8, 4) is 0 Å². The van der Waals surface area contributed by atoms with Crippen LogP contribution >= 0.6 is 0 Å². The molecule has 108 valence electrons. The molecule has 0 saturated heterocycles. The van der Waals surface area contributed by atoms with Gasteiger partial charge >= 0.3 is 0 Å². The summed E-state index contributed by atoms with van der Waals surface area (Å²) < 4.78 is 0. The maximum atomic E-state index is 5.88. The quantitative estimate of drug-likeness (QED) is 0.471. The second kappa shape index (κ2) is 6.98. The molecule has 2 rings (SSSR count). The van der Waals surface area contributed by atoms with Crippen LogP contribution in [0.25, 0.3) is 0 Å². The number of hydrogen-bond donors (Lipinski definition) is 1. The molecule has 0 aromatic heterocycles. The normalized spacial score (nSPS) is 13.8. The standard InChI is InChI=1S/C16H24N4/c1-3-5-9-18-20(4-2)12-11-19-10-8-14-6-7-15(17)13-16(14)19/h4,6-7,9,13H,2-3,5,8,10-12,17H2,1H3/b18-9-. The van der Waals surface area contributed by atoms with Crippen LogP contribution in [0.2, 0.25) is 0 Å². The fourth-order valence-electron chi connectivity index (χ4n) is 2.41. The van der Waals surface area contributed by atoms with Gasteiger partial charge in [-0.15, -0.1) is 0 Å². The number of nitrogen functional groups attached to an aromatic ring is 1. The number of benzene rings is 1. The molecule has 1 aliphatic heterocycles. The van der Waals surface area contributed by atoms with E-state index in [1.807, 2.05) is 17.3 Å². The summed E-state index contributed by atoms with van der Waals surface area (Å²) in [6.07, 6.45) is 6.96. The first kappa shape index (κ1) is 14.4. The van der Waals surface area contributed by atoms with E-state index < -0.39 is 0 Å². The zero-order chi connectivity index (χ0) is 14.4. The van der Waals surface area contributed by atoms with E-state index in [0.717, 1.165) is 44.6 Å². The molecule has 0 bridgehead atoms. The highest BCUT2D eigenvalue weighted by Gasteiger charge is 2.18. The van der Waals surface area contributed by atoms with Crippen LogP contribution in [-0.4, -0.2) is 30.9 Å². The molecule has 1 aromatic rings. The molecule has 1 aliphatic rings. The largest absolute Gasteiger partial charge is 0.399 e. The van der Waals surface area contributed by atoms with Crippen molar-refractivity contribution in [1.82, 2.24) is 5.01 Å². The van der Waals surface area contributed by atoms with Gasteiger partial charge in [-0.25, -0.2) is 0 Å². The maximum absolute atomic E-state index is 5.88. The number of anilines is 2. The van der Waals surface area contributed by atoms with Crippen LogP contribution in [0.15, 0.2) is 36.1 Å². The zero-order valence-electron chi connectivity index (χ0n) is 12.3. The van der Waals surface area contributed by atoms with E-state index in [-0.39, 0.29) is 0 Å². The fraction of sp³-hybridized carbons (Fsp3) is 0.438. The Morgan fingerprint density at radius 2 is 2.35 bits per heavy atom. The molecule has 0 aliphatic carbocycles. The van der Waals surface area contributed by atoms with E-state index >= 15 is 0 Å². The van der Waals surface area contributed by atoms with Crippen LogP contribution in [0.5, 0.6) is 0 Å². The Kier molecular flexibility index (Phi) is 5.04. The lowest BCUT2D eigenvalue weighted by Gasteiger charge is -2.22. The molecule has 1 heterocycles. The van der Waals surface area contributed by atoms with Crippen molar-refractivity contribution in [1.29, 1.82) is 0 Å². The number of nitrogens with zero attached hydrogens (tertiary/aromatic N) is 3. The van der Waals surface area contributed by atoms with Crippen LogP contribution in [0.4, 0.5) is 11.4 Å². The highest BCUT2D eigenvalue weighted by Crippen LogP contribution is 2.29. The first-order chi connectivity index (χ1) is 9.74. The first-order valence-corrected chi connectivity index (χ1v) is 7.29. The lowest BCUT2D eigenvalue weighted by molar-refractivity contribution is 0.406. The van der Waals surface area contributed by atoms with Gasteiger partial charge < -0.3 is 10.6 Å². The summed E-state index contributed by atoms with van der Waals surface area (Å²) >= 11 is 0. The number of hydrogen-bond acceptors (Lipinski definition) is 4. The molecule has 4 nitrogen and oxygen atoms in total. The predicted octanol–water partition coefficient (Wildman–Crippen LogP) is 2.86.